The second-order valence-corrected chi connectivity index (χ2v) is 9.28. The molecule has 3 heterocycles. The zero-order chi connectivity index (χ0) is 25.5. The van der Waals surface area contributed by atoms with Crippen molar-refractivity contribution in [2.75, 3.05) is 24.5 Å². The minimum Gasteiger partial charge on any atom is -0.338 e. The number of anilines is 1. The normalized spacial score (nSPS) is 16.0. The van der Waals surface area contributed by atoms with Crippen LogP contribution in [0.15, 0.2) is 72.8 Å². The fourth-order valence-corrected chi connectivity index (χ4v) is 4.98. The lowest BCUT2D eigenvalue weighted by Crippen LogP contribution is -2.55. The number of rotatable bonds is 4. The van der Waals surface area contributed by atoms with E-state index in [4.69, 9.17) is 4.98 Å². The molecular weight excluding hydrogens is 474 g/mol. The molecule has 1 amide bonds. The Morgan fingerprint density at radius 2 is 1.70 bits per heavy atom. The molecule has 0 radical (unpaired) electrons. The Hall–Kier alpha value is -4.40. The number of carbonyl (C=O) groups excluding carboxylic acids is 1. The Morgan fingerprint density at radius 3 is 2.49 bits per heavy atom. The molecule has 2 aromatic heterocycles. The highest BCUT2D eigenvalue weighted by atomic mass is 19.1. The van der Waals surface area contributed by atoms with Crippen LogP contribution in [0, 0.1) is 11.6 Å². The highest BCUT2D eigenvalue weighted by Crippen LogP contribution is 2.30. The van der Waals surface area contributed by atoms with Crippen LogP contribution in [0.5, 0.6) is 0 Å². The van der Waals surface area contributed by atoms with E-state index in [1.807, 2.05) is 40.5 Å². The zero-order valence-electron chi connectivity index (χ0n) is 20.2. The second kappa shape index (κ2) is 9.24. The Kier molecular flexibility index (Phi) is 5.75. The van der Waals surface area contributed by atoms with Crippen LogP contribution in [0.1, 0.15) is 12.5 Å². The summed E-state index contributed by atoms with van der Waals surface area (Å²) in [7, 11) is 0. The first-order chi connectivity index (χ1) is 18.0. The van der Waals surface area contributed by atoms with Crippen molar-refractivity contribution in [1.82, 2.24) is 24.5 Å². The molecule has 6 rings (SSSR count). The smallest absolute Gasteiger partial charge is 0.227 e. The van der Waals surface area contributed by atoms with Gasteiger partial charge in [0.25, 0.3) is 0 Å². The van der Waals surface area contributed by atoms with Gasteiger partial charge in [0, 0.05) is 31.1 Å². The van der Waals surface area contributed by atoms with E-state index in [2.05, 4.69) is 15.1 Å². The average Bonchev–Trinajstić information content (AvgIpc) is 3.35. The molecule has 37 heavy (non-hydrogen) atoms. The number of benzene rings is 3. The van der Waals surface area contributed by atoms with Gasteiger partial charge in [-0.1, -0.05) is 36.4 Å². The molecule has 1 aliphatic heterocycles. The third-order valence-electron chi connectivity index (χ3n) is 6.84. The largest absolute Gasteiger partial charge is 0.338 e. The molecule has 1 aliphatic rings. The lowest BCUT2D eigenvalue weighted by Gasteiger charge is -2.40. The minimum atomic E-state index is -0.388. The molecule has 0 N–H and O–H groups in total. The molecule has 0 spiro atoms. The summed E-state index contributed by atoms with van der Waals surface area (Å²) < 4.78 is 29.9. The number of halogens is 2. The molecule has 186 valence electrons. The first-order valence-electron chi connectivity index (χ1n) is 12.2. The molecule has 0 aliphatic carbocycles. The Bertz CT molecular complexity index is 1620. The number of carbonyl (C=O) groups is 1. The number of para-hydroxylation sites is 1. The van der Waals surface area contributed by atoms with Crippen LogP contribution in [-0.4, -0.2) is 56.1 Å². The van der Waals surface area contributed by atoms with Crippen molar-refractivity contribution in [2.45, 2.75) is 19.4 Å². The van der Waals surface area contributed by atoms with E-state index >= 15 is 0 Å². The van der Waals surface area contributed by atoms with E-state index < -0.39 is 0 Å². The van der Waals surface area contributed by atoms with Crippen LogP contribution in [0.3, 0.4) is 0 Å². The van der Waals surface area contributed by atoms with Crippen LogP contribution in [-0.2, 0) is 11.2 Å². The minimum absolute atomic E-state index is 0.00767. The summed E-state index contributed by atoms with van der Waals surface area (Å²) in [4.78, 5) is 21.9. The maximum absolute atomic E-state index is 14.8. The van der Waals surface area contributed by atoms with E-state index in [-0.39, 0.29) is 30.0 Å². The molecule has 1 atom stereocenters. The number of piperazine rings is 1. The zero-order valence-corrected chi connectivity index (χ0v) is 20.2. The maximum atomic E-state index is 14.8. The predicted octanol–water partition coefficient (Wildman–Crippen LogP) is 4.50. The van der Waals surface area contributed by atoms with Gasteiger partial charge in [0.1, 0.15) is 11.6 Å². The van der Waals surface area contributed by atoms with Crippen molar-refractivity contribution in [2.24, 2.45) is 0 Å². The van der Waals surface area contributed by atoms with Crippen molar-refractivity contribution < 1.29 is 13.6 Å². The van der Waals surface area contributed by atoms with Crippen molar-refractivity contribution in [1.29, 1.82) is 0 Å². The van der Waals surface area contributed by atoms with E-state index in [0.29, 0.717) is 42.6 Å². The quantitative estimate of drug-likeness (QED) is 0.365. The molecule has 1 unspecified atom stereocenters. The van der Waals surface area contributed by atoms with Gasteiger partial charge in [-0.2, -0.15) is 0 Å². The van der Waals surface area contributed by atoms with E-state index in [1.54, 1.807) is 30.3 Å². The molecule has 9 heteroatoms. The fraction of sp³-hybridized carbons (Fsp3) is 0.214. The van der Waals surface area contributed by atoms with Gasteiger partial charge in [-0.15, -0.1) is 10.2 Å². The summed E-state index contributed by atoms with van der Waals surface area (Å²) in [6.45, 7) is 3.56. The lowest BCUT2D eigenvalue weighted by molar-refractivity contribution is -0.132. The first-order valence-corrected chi connectivity index (χ1v) is 12.2. The van der Waals surface area contributed by atoms with Crippen LogP contribution >= 0.6 is 0 Å². The Morgan fingerprint density at radius 1 is 0.946 bits per heavy atom. The average molecular weight is 499 g/mol. The van der Waals surface area contributed by atoms with E-state index in [0.717, 1.165) is 16.5 Å². The van der Waals surface area contributed by atoms with Gasteiger partial charge < -0.3 is 9.80 Å². The van der Waals surface area contributed by atoms with Crippen LogP contribution in [0.25, 0.3) is 27.9 Å². The summed E-state index contributed by atoms with van der Waals surface area (Å²) in [5.41, 5.74) is 2.48. The number of fused-ring (bicyclic) bond motifs is 3. The first kappa shape index (κ1) is 23.0. The molecule has 0 saturated carbocycles. The number of hydrogen-bond donors (Lipinski definition) is 0. The van der Waals surface area contributed by atoms with Gasteiger partial charge >= 0.3 is 0 Å². The summed E-state index contributed by atoms with van der Waals surface area (Å²) in [6, 6.07) is 20.1. The highest BCUT2D eigenvalue weighted by molar-refractivity contribution is 5.93. The van der Waals surface area contributed by atoms with Gasteiger partial charge in [-0.05, 0) is 48.9 Å². The van der Waals surface area contributed by atoms with Crippen LogP contribution in [0.4, 0.5) is 14.7 Å². The third kappa shape index (κ3) is 4.16. The number of nitrogens with zero attached hydrogens (tertiary/aromatic N) is 6. The second-order valence-electron chi connectivity index (χ2n) is 9.28. The summed E-state index contributed by atoms with van der Waals surface area (Å²) in [5, 5.41) is 9.61. The topological polar surface area (TPSA) is 66.6 Å². The summed E-state index contributed by atoms with van der Waals surface area (Å²) in [5.74, 6) is 0.265. The molecule has 1 fully saturated rings. The number of amides is 1. The molecule has 5 aromatic rings. The van der Waals surface area contributed by atoms with Gasteiger partial charge in [-0.25, -0.2) is 18.2 Å². The highest BCUT2D eigenvalue weighted by Gasteiger charge is 2.30. The Balaban J connectivity index is 1.36. The predicted molar refractivity (Wildman–Crippen MR) is 137 cm³/mol. The molecular formula is C28H24F2N6O. The maximum Gasteiger partial charge on any atom is 0.227 e. The van der Waals surface area contributed by atoms with Crippen LogP contribution < -0.4 is 4.90 Å². The number of aromatic nitrogens is 4. The lowest BCUT2D eigenvalue weighted by atomic mass is 10.1. The molecule has 3 aromatic carbocycles. The molecule has 7 nitrogen and oxygen atoms in total. The fourth-order valence-electron chi connectivity index (χ4n) is 4.98. The van der Waals surface area contributed by atoms with Crippen molar-refractivity contribution >= 4 is 28.4 Å². The van der Waals surface area contributed by atoms with E-state index in [9.17, 15) is 13.6 Å². The number of hydrogen-bond acceptors (Lipinski definition) is 5. The summed E-state index contributed by atoms with van der Waals surface area (Å²) >= 11 is 0. The van der Waals surface area contributed by atoms with Crippen molar-refractivity contribution in [3.05, 3.63) is 90.0 Å². The van der Waals surface area contributed by atoms with Crippen molar-refractivity contribution in [3.63, 3.8) is 0 Å². The SMILES string of the molecule is CC1CN(c2nc3ccccc3c3nnc(-c4ccccc4F)n23)CCN1C(=O)Cc1ccc(F)cc1. The Labute approximate surface area is 212 Å². The van der Waals surface area contributed by atoms with Gasteiger partial charge in [0.05, 0.1) is 17.5 Å². The third-order valence-corrected chi connectivity index (χ3v) is 6.84. The van der Waals surface area contributed by atoms with E-state index in [1.165, 1.54) is 18.2 Å². The standard InChI is InChI=1S/C28H24F2N6O/c1-18-17-34(14-15-35(18)25(37)16-19-10-12-20(29)13-11-19)28-31-24-9-5-3-7-22(24)27-33-32-26(36(27)28)21-6-2-4-8-23(21)30/h2-13,18H,14-17H2,1H3. The van der Waals surface area contributed by atoms with Crippen LogP contribution in [0.2, 0.25) is 0 Å². The molecule has 0 bridgehead atoms. The molecule has 1 saturated heterocycles. The monoisotopic (exact) mass is 498 g/mol. The van der Waals surface area contributed by atoms with Gasteiger partial charge in [0.15, 0.2) is 11.5 Å². The van der Waals surface area contributed by atoms with Crippen molar-refractivity contribution in [3.8, 4) is 11.4 Å². The van der Waals surface area contributed by atoms with Gasteiger partial charge in [0.2, 0.25) is 11.9 Å². The van der Waals surface area contributed by atoms with Gasteiger partial charge in [-0.3, -0.25) is 4.79 Å². The summed E-state index contributed by atoms with van der Waals surface area (Å²) in [6.07, 6.45) is 0.214.